The Labute approximate surface area is 105 Å². The molecule has 1 aromatic rings. The van der Waals surface area contributed by atoms with Crippen LogP contribution in [0.1, 0.15) is 35.4 Å². The number of nitrogens with zero attached hydrogens (tertiary/aromatic N) is 2. The molecule has 1 amide bonds. The van der Waals surface area contributed by atoms with Crippen molar-refractivity contribution in [2.24, 2.45) is 12.5 Å². The Morgan fingerprint density at radius 1 is 1.56 bits per heavy atom. The number of aromatic nitrogens is 2. The van der Waals surface area contributed by atoms with Crippen molar-refractivity contribution in [2.45, 2.75) is 26.2 Å². The molecule has 0 unspecified atom stereocenters. The van der Waals surface area contributed by atoms with E-state index in [1.165, 1.54) is 4.68 Å². The lowest BCUT2D eigenvalue weighted by molar-refractivity contribution is -0.153. The summed E-state index contributed by atoms with van der Waals surface area (Å²) in [6.07, 6.45) is 2.17. The Balaban J connectivity index is 2.00. The maximum atomic E-state index is 11.9. The van der Waals surface area contributed by atoms with Gasteiger partial charge in [0.05, 0.1) is 11.1 Å². The molecule has 0 atom stereocenters. The summed E-state index contributed by atoms with van der Waals surface area (Å²) in [5.74, 6) is -1.10. The third-order valence-corrected chi connectivity index (χ3v) is 3.59. The molecule has 1 aromatic heterocycles. The number of carbonyl (C=O) groups is 2. The number of hydrogen-bond donors (Lipinski definition) is 2. The lowest BCUT2D eigenvalue weighted by Gasteiger charge is -2.37. The zero-order valence-corrected chi connectivity index (χ0v) is 10.6. The van der Waals surface area contributed by atoms with Crippen LogP contribution in [-0.2, 0) is 11.8 Å². The average molecular weight is 251 g/mol. The molecular formula is C12H17N3O3. The summed E-state index contributed by atoms with van der Waals surface area (Å²) in [5.41, 5.74) is 0.454. The van der Waals surface area contributed by atoms with Crippen LogP contribution >= 0.6 is 0 Å². The Kier molecular flexibility index (Phi) is 3.11. The zero-order chi connectivity index (χ0) is 13.3. The van der Waals surface area contributed by atoms with Gasteiger partial charge in [0, 0.05) is 13.6 Å². The number of hydrogen-bond acceptors (Lipinski definition) is 3. The van der Waals surface area contributed by atoms with Crippen LogP contribution in [0.3, 0.4) is 0 Å². The molecule has 1 heterocycles. The van der Waals surface area contributed by atoms with Crippen LogP contribution < -0.4 is 5.32 Å². The van der Waals surface area contributed by atoms with Crippen molar-refractivity contribution in [3.8, 4) is 0 Å². The number of carboxylic acids is 1. The van der Waals surface area contributed by atoms with Gasteiger partial charge in [-0.2, -0.15) is 5.10 Å². The van der Waals surface area contributed by atoms with E-state index in [2.05, 4.69) is 10.4 Å². The van der Waals surface area contributed by atoms with Crippen LogP contribution in [0.4, 0.5) is 0 Å². The van der Waals surface area contributed by atoms with Crippen LogP contribution in [-0.4, -0.2) is 33.3 Å². The highest BCUT2D eigenvalue weighted by Crippen LogP contribution is 2.40. The molecule has 0 spiro atoms. The normalized spacial score (nSPS) is 17.0. The Morgan fingerprint density at radius 3 is 2.61 bits per heavy atom. The van der Waals surface area contributed by atoms with E-state index in [1.54, 1.807) is 20.0 Å². The maximum Gasteiger partial charge on any atom is 0.311 e. The van der Waals surface area contributed by atoms with E-state index in [0.717, 1.165) is 12.1 Å². The summed E-state index contributed by atoms with van der Waals surface area (Å²) in [7, 11) is 1.69. The number of carboxylic acid groups (broad SMARTS) is 1. The lowest BCUT2D eigenvalue weighted by atomic mass is 9.69. The molecular weight excluding hydrogens is 234 g/mol. The monoisotopic (exact) mass is 251 g/mol. The first kappa shape index (κ1) is 12.6. The van der Waals surface area contributed by atoms with Gasteiger partial charge in [0.15, 0.2) is 0 Å². The Morgan fingerprint density at radius 2 is 2.22 bits per heavy atom. The Bertz CT molecular complexity index is 489. The van der Waals surface area contributed by atoms with E-state index in [4.69, 9.17) is 5.11 Å². The largest absolute Gasteiger partial charge is 0.481 e. The van der Waals surface area contributed by atoms with Gasteiger partial charge in [0.2, 0.25) is 0 Å². The second-order valence-electron chi connectivity index (χ2n) is 4.92. The fourth-order valence-electron chi connectivity index (χ4n) is 2.23. The summed E-state index contributed by atoms with van der Waals surface area (Å²) in [5, 5.41) is 15.9. The van der Waals surface area contributed by atoms with Crippen molar-refractivity contribution in [3.63, 3.8) is 0 Å². The molecule has 1 fully saturated rings. The van der Waals surface area contributed by atoms with Crippen LogP contribution in [0.5, 0.6) is 0 Å². The summed E-state index contributed by atoms with van der Waals surface area (Å²) in [6, 6.07) is 1.68. The summed E-state index contributed by atoms with van der Waals surface area (Å²) < 4.78 is 1.50. The standard InChI is InChI=1S/C12H17N3O3/c1-8-6-9(15(2)14-8)10(16)13-7-12(11(17)18)4-3-5-12/h6H,3-5,7H2,1-2H3,(H,13,16)(H,17,18). The van der Waals surface area contributed by atoms with E-state index in [1.807, 2.05) is 0 Å². The van der Waals surface area contributed by atoms with Gasteiger partial charge in [-0.15, -0.1) is 0 Å². The summed E-state index contributed by atoms with van der Waals surface area (Å²) >= 11 is 0. The SMILES string of the molecule is Cc1cc(C(=O)NCC2(C(=O)O)CCC2)n(C)n1. The molecule has 0 aromatic carbocycles. The fraction of sp³-hybridized carbons (Fsp3) is 0.583. The molecule has 2 rings (SSSR count). The van der Waals surface area contributed by atoms with Gasteiger partial charge < -0.3 is 10.4 Å². The van der Waals surface area contributed by atoms with E-state index >= 15 is 0 Å². The molecule has 0 saturated heterocycles. The first-order valence-corrected chi connectivity index (χ1v) is 5.97. The van der Waals surface area contributed by atoms with Crippen molar-refractivity contribution in [1.29, 1.82) is 0 Å². The van der Waals surface area contributed by atoms with Crippen LogP contribution in [0.2, 0.25) is 0 Å². The third kappa shape index (κ3) is 2.10. The first-order chi connectivity index (χ1) is 8.44. The van der Waals surface area contributed by atoms with Gasteiger partial charge in [0.25, 0.3) is 5.91 Å². The molecule has 1 aliphatic rings. The van der Waals surface area contributed by atoms with Crippen molar-refractivity contribution in [1.82, 2.24) is 15.1 Å². The van der Waals surface area contributed by atoms with Gasteiger partial charge in [-0.1, -0.05) is 6.42 Å². The van der Waals surface area contributed by atoms with E-state index in [-0.39, 0.29) is 12.5 Å². The quantitative estimate of drug-likeness (QED) is 0.825. The number of nitrogens with one attached hydrogen (secondary N) is 1. The first-order valence-electron chi connectivity index (χ1n) is 5.97. The molecule has 18 heavy (non-hydrogen) atoms. The lowest BCUT2D eigenvalue weighted by Crippen LogP contribution is -2.47. The minimum Gasteiger partial charge on any atom is -0.481 e. The molecule has 2 N–H and O–H groups in total. The minimum absolute atomic E-state index is 0.186. The van der Waals surface area contributed by atoms with E-state index in [0.29, 0.717) is 18.5 Å². The molecule has 6 nitrogen and oxygen atoms in total. The number of aliphatic carboxylic acids is 1. The molecule has 6 heteroatoms. The highest BCUT2D eigenvalue weighted by molar-refractivity contribution is 5.93. The van der Waals surface area contributed by atoms with Crippen molar-refractivity contribution >= 4 is 11.9 Å². The highest BCUT2D eigenvalue weighted by atomic mass is 16.4. The fourth-order valence-corrected chi connectivity index (χ4v) is 2.23. The predicted octanol–water partition coefficient (Wildman–Crippen LogP) is 0.713. The van der Waals surface area contributed by atoms with Gasteiger partial charge in [0.1, 0.15) is 5.69 Å². The third-order valence-electron chi connectivity index (χ3n) is 3.59. The number of aryl methyl sites for hydroxylation is 2. The minimum atomic E-state index is -0.824. The smallest absolute Gasteiger partial charge is 0.311 e. The van der Waals surface area contributed by atoms with Crippen molar-refractivity contribution in [2.75, 3.05) is 6.54 Å². The van der Waals surface area contributed by atoms with E-state index in [9.17, 15) is 9.59 Å². The molecule has 1 aliphatic carbocycles. The molecule has 1 saturated carbocycles. The van der Waals surface area contributed by atoms with Crippen LogP contribution in [0.15, 0.2) is 6.07 Å². The maximum absolute atomic E-state index is 11.9. The van der Waals surface area contributed by atoms with Crippen LogP contribution in [0.25, 0.3) is 0 Å². The van der Waals surface area contributed by atoms with Crippen LogP contribution in [0, 0.1) is 12.3 Å². The number of rotatable bonds is 4. The van der Waals surface area contributed by atoms with Gasteiger partial charge in [-0.05, 0) is 25.8 Å². The molecule has 0 aliphatic heterocycles. The highest BCUT2D eigenvalue weighted by Gasteiger charge is 2.44. The second-order valence-corrected chi connectivity index (χ2v) is 4.92. The number of carbonyl (C=O) groups excluding carboxylic acids is 1. The van der Waals surface area contributed by atoms with Gasteiger partial charge in [-0.3, -0.25) is 14.3 Å². The van der Waals surface area contributed by atoms with Crippen molar-refractivity contribution in [3.05, 3.63) is 17.5 Å². The van der Waals surface area contributed by atoms with E-state index < -0.39 is 11.4 Å². The Hall–Kier alpha value is -1.85. The van der Waals surface area contributed by atoms with Gasteiger partial charge in [-0.25, -0.2) is 0 Å². The topological polar surface area (TPSA) is 84.2 Å². The van der Waals surface area contributed by atoms with Crippen molar-refractivity contribution < 1.29 is 14.7 Å². The number of amides is 1. The molecule has 0 bridgehead atoms. The molecule has 98 valence electrons. The second kappa shape index (κ2) is 4.44. The zero-order valence-electron chi connectivity index (χ0n) is 10.6. The predicted molar refractivity (Wildman–Crippen MR) is 64.2 cm³/mol. The summed E-state index contributed by atoms with van der Waals surface area (Å²) in [6.45, 7) is 1.99. The average Bonchev–Trinajstić information content (AvgIpc) is 2.55. The summed E-state index contributed by atoms with van der Waals surface area (Å²) in [4.78, 5) is 23.1. The van der Waals surface area contributed by atoms with Gasteiger partial charge >= 0.3 is 5.97 Å². The molecule has 0 radical (unpaired) electrons.